The van der Waals surface area contributed by atoms with E-state index in [0.717, 1.165) is 12.2 Å². The molecule has 0 fully saturated rings. The van der Waals surface area contributed by atoms with Gasteiger partial charge in [-0.15, -0.1) is 0 Å². The highest BCUT2D eigenvalue weighted by molar-refractivity contribution is 6.09. The zero-order chi connectivity index (χ0) is 20.7. The van der Waals surface area contributed by atoms with Crippen molar-refractivity contribution in [1.82, 2.24) is 5.32 Å². The van der Waals surface area contributed by atoms with E-state index in [4.69, 9.17) is 4.74 Å². The Balaban J connectivity index is 2.06. The van der Waals surface area contributed by atoms with Crippen LogP contribution in [0.3, 0.4) is 0 Å². The fraction of sp³-hybridized carbons (Fsp3) is 0.391. The summed E-state index contributed by atoms with van der Waals surface area (Å²) in [6.45, 7) is 10.7. The molecule has 2 amide bonds. The van der Waals surface area contributed by atoms with Gasteiger partial charge in [-0.05, 0) is 69.5 Å². The summed E-state index contributed by atoms with van der Waals surface area (Å²) in [5.74, 6) is 0.824. The average molecular weight is 383 g/mol. The highest BCUT2D eigenvalue weighted by Gasteiger charge is 2.19. The molecule has 2 aromatic carbocycles. The molecule has 0 spiro atoms. The molecule has 5 nitrogen and oxygen atoms in total. The lowest BCUT2D eigenvalue weighted by atomic mass is 10.1. The average Bonchev–Trinajstić information content (AvgIpc) is 2.61. The van der Waals surface area contributed by atoms with Gasteiger partial charge in [0.15, 0.2) is 0 Å². The molecule has 2 rings (SSSR count). The van der Waals surface area contributed by atoms with Crippen LogP contribution in [-0.2, 0) is 0 Å². The second kappa shape index (κ2) is 9.40. The molecule has 0 aliphatic rings. The number of para-hydroxylation sites is 1. The molecule has 28 heavy (non-hydrogen) atoms. The Labute approximate surface area is 167 Å². The lowest BCUT2D eigenvalue weighted by Crippen LogP contribution is -2.40. The number of hydrogen-bond acceptors (Lipinski definition) is 3. The van der Waals surface area contributed by atoms with Crippen LogP contribution in [0.2, 0.25) is 0 Å². The molecule has 5 heteroatoms. The first-order valence-corrected chi connectivity index (χ1v) is 9.61. The van der Waals surface area contributed by atoms with Crippen molar-refractivity contribution < 1.29 is 14.3 Å². The molecule has 0 aliphatic heterocycles. The van der Waals surface area contributed by atoms with E-state index in [1.54, 1.807) is 48.5 Å². The Morgan fingerprint density at radius 3 is 2.21 bits per heavy atom. The van der Waals surface area contributed by atoms with Gasteiger partial charge >= 0.3 is 0 Å². The topological polar surface area (TPSA) is 67.4 Å². The van der Waals surface area contributed by atoms with Crippen LogP contribution < -0.4 is 15.4 Å². The molecule has 2 N–H and O–H groups in total. The van der Waals surface area contributed by atoms with Crippen molar-refractivity contribution in [2.45, 2.75) is 46.6 Å². The van der Waals surface area contributed by atoms with Gasteiger partial charge in [0.2, 0.25) is 0 Å². The number of anilines is 1. The molecule has 0 atom stereocenters. The molecule has 150 valence electrons. The van der Waals surface area contributed by atoms with Gasteiger partial charge in [0.05, 0.1) is 17.9 Å². The van der Waals surface area contributed by atoms with E-state index in [1.807, 2.05) is 20.8 Å². The van der Waals surface area contributed by atoms with E-state index in [2.05, 4.69) is 24.5 Å². The fourth-order valence-electron chi connectivity index (χ4n) is 2.51. The summed E-state index contributed by atoms with van der Waals surface area (Å²) in [7, 11) is 0. The molecule has 0 heterocycles. The van der Waals surface area contributed by atoms with E-state index >= 15 is 0 Å². The third-order valence-corrected chi connectivity index (χ3v) is 3.99. The van der Waals surface area contributed by atoms with E-state index in [-0.39, 0.29) is 17.4 Å². The van der Waals surface area contributed by atoms with Crippen molar-refractivity contribution in [2.75, 3.05) is 11.9 Å². The van der Waals surface area contributed by atoms with Gasteiger partial charge in [0.25, 0.3) is 11.8 Å². The van der Waals surface area contributed by atoms with E-state index in [9.17, 15) is 9.59 Å². The highest BCUT2D eigenvalue weighted by Crippen LogP contribution is 2.19. The molecule has 2 aromatic rings. The Hall–Kier alpha value is -2.82. The van der Waals surface area contributed by atoms with Crippen LogP contribution in [0.5, 0.6) is 5.75 Å². The third kappa shape index (κ3) is 6.72. The van der Waals surface area contributed by atoms with Gasteiger partial charge in [-0.2, -0.15) is 0 Å². The van der Waals surface area contributed by atoms with Crippen molar-refractivity contribution in [2.24, 2.45) is 5.92 Å². The largest absolute Gasteiger partial charge is 0.494 e. The van der Waals surface area contributed by atoms with Crippen molar-refractivity contribution in [3.8, 4) is 5.75 Å². The van der Waals surface area contributed by atoms with Gasteiger partial charge < -0.3 is 15.4 Å². The van der Waals surface area contributed by atoms with Gasteiger partial charge in [0.1, 0.15) is 5.75 Å². The zero-order valence-corrected chi connectivity index (χ0v) is 17.3. The van der Waals surface area contributed by atoms with Crippen molar-refractivity contribution in [3.05, 3.63) is 59.7 Å². The lowest BCUT2D eigenvalue weighted by Gasteiger charge is -2.21. The first-order valence-electron chi connectivity index (χ1n) is 9.61. The first-order chi connectivity index (χ1) is 13.2. The zero-order valence-electron chi connectivity index (χ0n) is 17.3. The van der Waals surface area contributed by atoms with Crippen LogP contribution in [0, 0.1) is 5.92 Å². The number of amides is 2. The van der Waals surface area contributed by atoms with Gasteiger partial charge in [-0.25, -0.2) is 0 Å². The van der Waals surface area contributed by atoms with Crippen LogP contribution in [0.4, 0.5) is 5.69 Å². The maximum atomic E-state index is 12.6. The fourth-order valence-corrected chi connectivity index (χ4v) is 2.51. The van der Waals surface area contributed by atoms with E-state index < -0.39 is 0 Å². The Morgan fingerprint density at radius 1 is 0.964 bits per heavy atom. The summed E-state index contributed by atoms with van der Waals surface area (Å²) >= 11 is 0. The molecule has 0 saturated carbocycles. The molecule has 0 aliphatic carbocycles. The molecule has 0 aromatic heterocycles. The standard InChI is InChI=1S/C23H30N2O3/c1-16(2)14-15-28-18-12-10-17(11-13-18)21(26)24-20-9-7-6-8-19(20)22(27)25-23(3,4)5/h6-13,16H,14-15H2,1-5H3,(H,24,26)(H,25,27). The maximum Gasteiger partial charge on any atom is 0.255 e. The minimum absolute atomic E-state index is 0.225. The van der Waals surface area contributed by atoms with Crippen molar-refractivity contribution >= 4 is 17.5 Å². The first kappa shape index (κ1) is 21.5. The van der Waals surface area contributed by atoms with E-state index in [0.29, 0.717) is 29.3 Å². The van der Waals surface area contributed by atoms with Crippen molar-refractivity contribution in [3.63, 3.8) is 0 Å². The minimum atomic E-state index is -0.362. The smallest absolute Gasteiger partial charge is 0.255 e. The van der Waals surface area contributed by atoms with Crippen LogP contribution in [0.1, 0.15) is 61.8 Å². The van der Waals surface area contributed by atoms with Crippen LogP contribution in [0.15, 0.2) is 48.5 Å². The number of ether oxygens (including phenoxy) is 1. The molecular formula is C23H30N2O3. The summed E-state index contributed by atoms with van der Waals surface area (Å²) in [6.07, 6.45) is 0.982. The van der Waals surface area contributed by atoms with Gasteiger partial charge in [-0.1, -0.05) is 26.0 Å². The Morgan fingerprint density at radius 2 is 1.61 bits per heavy atom. The molecule has 0 unspecified atom stereocenters. The number of carbonyl (C=O) groups excluding carboxylic acids is 2. The Kier molecular flexibility index (Phi) is 7.21. The second-order valence-corrected chi connectivity index (χ2v) is 8.26. The van der Waals surface area contributed by atoms with Gasteiger partial charge in [-0.3, -0.25) is 9.59 Å². The number of nitrogens with one attached hydrogen (secondary N) is 2. The van der Waals surface area contributed by atoms with Crippen LogP contribution >= 0.6 is 0 Å². The normalized spacial score (nSPS) is 11.2. The number of hydrogen-bond donors (Lipinski definition) is 2. The predicted octanol–water partition coefficient (Wildman–Crippen LogP) is 4.89. The lowest BCUT2D eigenvalue weighted by molar-refractivity contribution is 0.0920. The van der Waals surface area contributed by atoms with Crippen LogP contribution in [0.25, 0.3) is 0 Å². The van der Waals surface area contributed by atoms with Gasteiger partial charge in [0, 0.05) is 11.1 Å². The summed E-state index contributed by atoms with van der Waals surface area (Å²) in [5.41, 5.74) is 1.05. The quantitative estimate of drug-likeness (QED) is 0.716. The molecule has 0 bridgehead atoms. The van der Waals surface area contributed by atoms with Crippen molar-refractivity contribution in [1.29, 1.82) is 0 Å². The van der Waals surface area contributed by atoms with E-state index in [1.165, 1.54) is 0 Å². The second-order valence-electron chi connectivity index (χ2n) is 8.26. The molecule has 0 saturated heterocycles. The van der Waals surface area contributed by atoms with Crippen LogP contribution in [-0.4, -0.2) is 24.0 Å². The predicted molar refractivity (Wildman–Crippen MR) is 113 cm³/mol. The number of rotatable bonds is 7. The summed E-state index contributed by atoms with van der Waals surface area (Å²) < 4.78 is 5.68. The highest BCUT2D eigenvalue weighted by atomic mass is 16.5. The summed E-state index contributed by atoms with van der Waals surface area (Å²) in [4.78, 5) is 25.1. The molecule has 0 radical (unpaired) electrons. The summed E-state index contributed by atoms with van der Waals surface area (Å²) in [6, 6.07) is 14.0. The molecular weight excluding hydrogens is 352 g/mol. The summed E-state index contributed by atoms with van der Waals surface area (Å²) in [5, 5.41) is 5.75. The number of carbonyl (C=O) groups is 2. The number of benzene rings is 2. The third-order valence-electron chi connectivity index (χ3n) is 3.99. The Bertz CT molecular complexity index is 805. The minimum Gasteiger partial charge on any atom is -0.494 e. The monoisotopic (exact) mass is 382 g/mol. The maximum absolute atomic E-state index is 12.6. The SMILES string of the molecule is CC(C)CCOc1ccc(C(=O)Nc2ccccc2C(=O)NC(C)(C)C)cc1.